The topological polar surface area (TPSA) is 86.7 Å². The first-order chi connectivity index (χ1) is 8.91. The molecular weight excluding hydrogens is 268 g/mol. The molecule has 0 bridgehead atoms. The molecule has 2 rings (SSSR count). The van der Waals surface area contributed by atoms with Crippen LogP contribution in [0.15, 0.2) is 29.2 Å². The van der Waals surface area contributed by atoms with Crippen molar-refractivity contribution in [1.82, 2.24) is 5.32 Å². The van der Waals surface area contributed by atoms with Crippen LogP contribution in [0.1, 0.15) is 0 Å². The second kappa shape index (κ2) is 5.18. The van der Waals surface area contributed by atoms with E-state index in [1.807, 2.05) is 0 Å². The maximum atomic E-state index is 11.8. The average molecular weight is 284 g/mol. The van der Waals surface area contributed by atoms with Crippen molar-refractivity contribution >= 4 is 21.5 Å². The quantitative estimate of drug-likeness (QED) is 0.809. The Morgan fingerprint density at radius 3 is 2.74 bits per heavy atom. The molecule has 0 aliphatic carbocycles. The van der Waals surface area contributed by atoms with Crippen LogP contribution in [0.2, 0.25) is 0 Å². The van der Waals surface area contributed by atoms with Gasteiger partial charge in [-0.05, 0) is 12.1 Å². The molecule has 1 aromatic carbocycles. The molecule has 1 heterocycles. The van der Waals surface area contributed by atoms with E-state index in [0.29, 0.717) is 25.3 Å². The third kappa shape index (κ3) is 2.87. The number of para-hydroxylation sites is 1. The minimum atomic E-state index is -3.39. The Bertz CT molecular complexity index is 585. The summed E-state index contributed by atoms with van der Waals surface area (Å²) in [5, 5.41) is 12.2. The fourth-order valence-electron chi connectivity index (χ4n) is 2.22. The number of hydrogen-bond acceptors (Lipinski definition) is 5. The molecule has 1 aliphatic rings. The second-order valence-corrected chi connectivity index (χ2v) is 6.48. The van der Waals surface area contributed by atoms with Crippen molar-refractivity contribution in [3.05, 3.63) is 24.3 Å². The molecular formula is C12H16N2O4S. The van der Waals surface area contributed by atoms with Crippen molar-refractivity contribution in [3.63, 3.8) is 0 Å². The number of nitrogens with one attached hydrogen (secondary N) is 1. The average Bonchev–Trinajstić information content (AvgIpc) is 2.37. The summed E-state index contributed by atoms with van der Waals surface area (Å²) in [7, 11) is -3.39. The molecule has 1 unspecified atom stereocenters. The Balaban J connectivity index is 2.48. The number of benzene rings is 1. The van der Waals surface area contributed by atoms with Gasteiger partial charge in [-0.3, -0.25) is 0 Å². The van der Waals surface area contributed by atoms with Crippen LogP contribution in [0.3, 0.4) is 0 Å². The predicted octanol–water partition coefficient (Wildman–Crippen LogP) is -0.0471. The van der Waals surface area contributed by atoms with Crippen molar-refractivity contribution in [2.75, 3.05) is 30.8 Å². The first kappa shape index (κ1) is 13.8. The van der Waals surface area contributed by atoms with Gasteiger partial charge >= 0.3 is 5.97 Å². The zero-order valence-corrected chi connectivity index (χ0v) is 11.4. The van der Waals surface area contributed by atoms with Gasteiger partial charge in [0.1, 0.15) is 6.04 Å². The van der Waals surface area contributed by atoms with Gasteiger partial charge in [0, 0.05) is 25.9 Å². The van der Waals surface area contributed by atoms with Gasteiger partial charge in [0.05, 0.1) is 10.6 Å². The number of carboxylic acid groups (broad SMARTS) is 1. The number of anilines is 1. The van der Waals surface area contributed by atoms with Gasteiger partial charge in [0.15, 0.2) is 9.84 Å². The highest BCUT2D eigenvalue weighted by molar-refractivity contribution is 7.90. The van der Waals surface area contributed by atoms with E-state index in [9.17, 15) is 18.3 Å². The first-order valence-corrected chi connectivity index (χ1v) is 7.79. The Hall–Kier alpha value is -1.60. The van der Waals surface area contributed by atoms with Crippen LogP contribution in [-0.2, 0) is 14.6 Å². The fourth-order valence-corrected chi connectivity index (χ4v) is 3.11. The van der Waals surface area contributed by atoms with Gasteiger partial charge in [-0.25, -0.2) is 13.2 Å². The number of nitrogens with zero attached hydrogens (tertiary/aromatic N) is 1. The van der Waals surface area contributed by atoms with Crippen molar-refractivity contribution in [1.29, 1.82) is 0 Å². The molecule has 0 saturated carbocycles. The second-order valence-electron chi connectivity index (χ2n) is 4.49. The molecule has 1 fully saturated rings. The summed E-state index contributed by atoms with van der Waals surface area (Å²) < 4.78 is 23.6. The Kier molecular flexibility index (Phi) is 3.77. The third-order valence-corrected chi connectivity index (χ3v) is 4.25. The van der Waals surface area contributed by atoms with Crippen LogP contribution in [0.25, 0.3) is 0 Å². The molecule has 0 spiro atoms. The Morgan fingerprint density at radius 2 is 2.11 bits per heavy atom. The number of piperazine rings is 1. The Labute approximate surface area is 112 Å². The molecule has 1 atom stereocenters. The summed E-state index contributed by atoms with van der Waals surface area (Å²) in [6.45, 7) is 1.39. The van der Waals surface area contributed by atoms with Crippen LogP contribution < -0.4 is 10.2 Å². The lowest BCUT2D eigenvalue weighted by Crippen LogP contribution is -2.55. The molecule has 7 heteroatoms. The summed E-state index contributed by atoms with van der Waals surface area (Å²) in [5.41, 5.74) is 0.457. The van der Waals surface area contributed by atoms with Gasteiger partial charge in [0.25, 0.3) is 0 Å². The largest absolute Gasteiger partial charge is 0.480 e. The van der Waals surface area contributed by atoms with Crippen LogP contribution in [-0.4, -0.2) is 51.4 Å². The third-order valence-electron chi connectivity index (χ3n) is 3.10. The SMILES string of the molecule is CS(=O)(=O)c1ccccc1N1CCNCC1C(=O)O. The van der Waals surface area contributed by atoms with Crippen molar-refractivity contribution in [2.24, 2.45) is 0 Å². The summed E-state index contributed by atoms with van der Waals surface area (Å²) in [6, 6.07) is 5.75. The summed E-state index contributed by atoms with van der Waals surface area (Å²) >= 11 is 0. The van der Waals surface area contributed by atoms with Crippen molar-refractivity contribution in [3.8, 4) is 0 Å². The van der Waals surface area contributed by atoms with Crippen LogP contribution in [0.5, 0.6) is 0 Å². The first-order valence-electron chi connectivity index (χ1n) is 5.90. The van der Waals surface area contributed by atoms with Crippen LogP contribution in [0.4, 0.5) is 5.69 Å². The number of carboxylic acids is 1. The van der Waals surface area contributed by atoms with E-state index >= 15 is 0 Å². The predicted molar refractivity (Wildman–Crippen MR) is 71.2 cm³/mol. The fraction of sp³-hybridized carbons (Fsp3) is 0.417. The molecule has 1 aromatic rings. The van der Waals surface area contributed by atoms with E-state index in [2.05, 4.69) is 5.32 Å². The zero-order chi connectivity index (χ0) is 14.0. The summed E-state index contributed by atoms with van der Waals surface area (Å²) in [5.74, 6) is -0.962. The van der Waals surface area contributed by atoms with Gasteiger partial charge in [-0.2, -0.15) is 0 Å². The van der Waals surface area contributed by atoms with Crippen LogP contribution in [0, 0.1) is 0 Å². The van der Waals surface area contributed by atoms with Crippen molar-refractivity contribution in [2.45, 2.75) is 10.9 Å². The Morgan fingerprint density at radius 1 is 1.42 bits per heavy atom. The van der Waals surface area contributed by atoms with Gasteiger partial charge in [0.2, 0.25) is 0 Å². The number of hydrogen-bond donors (Lipinski definition) is 2. The van der Waals surface area contributed by atoms with E-state index in [4.69, 9.17) is 0 Å². The molecule has 1 aliphatic heterocycles. The molecule has 19 heavy (non-hydrogen) atoms. The molecule has 1 saturated heterocycles. The smallest absolute Gasteiger partial charge is 0.327 e. The minimum Gasteiger partial charge on any atom is -0.480 e. The molecule has 104 valence electrons. The highest BCUT2D eigenvalue weighted by Crippen LogP contribution is 2.27. The highest BCUT2D eigenvalue weighted by atomic mass is 32.2. The lowest BCUT2D eigenvalue weighted by atomic mass is 10.1. The van der Waals surface area contributed by atoms with E-state index in [0.717, 1.165) is 6.26 Å². The van der Waals surface area contributed by atoms with Gasteiger partial charge in [-0.1, -0.05) is 12.1 Å². The van der Waals surface area contributed by atoms with E-state index < -0.39 is 21.8 Å². The zero-order valence-electron chi connectivity index (χ0n) is 10.5. The molecule has 0 aromatic heterocycles. The highest BCUT2D eigenvalue weighted by Gasteiger charge is 2.31. The van der Waals surface area contributed by atoms with Gasteiger partial charge < -0.3 is 15.3 Å². The maximum absolute atomic E-state index is 11.8. The lowest BCUT2D eigenvalue weighted by molar-refractivity contribution is -0.138. The maximum Gasteiger partial charge on any atom is 0.327 e. The monoisotopic (exact) mass is 284 g/mol. The normalized spacial score (nSPS) is 20.3. The number of sulfone groups is 1. The lowest BCUT2D eigenvalue weighted by Gasteiger charge is -2.36. The van der Waals surface area contributed by atoms with E-state index in [-0.39, 0.29) is 4.90 Å². The van der Waals surface area contributed by atoms with E-state index in [1.54, 1.807) is 23.1 Å². The number of carbonyl (C=O) groups is 1. The minimum absolute atomic E-state index is 0.170. The van der Waals surface area contributed by atoms with Gasteiger partial charge in [-0.15, -0.1) is 0 Å². The molecule has 6 nitrogen and oxygen atoms in total. The standard InChI is InChI=1S/C12H16N2O4S/c1-19(17,18)11-5-3-2-4-9(11)14-7-6-13-8-10(14)12(15)16/h2-5,10,13H,6-8H2,1H3,(H,15,16). The molecule has 0 radical (unpaired) electrons. The van der Waals surface area contributed by atoms with E-state index in [1.165, 1.54) is 6.07 Å². The summed E-state index contributed by atoms with van der Waals surface area (Å²) in [6.07, 6.45) is 1.13. The number of aliphatic carboxylic acids is 1. The van der Waals surface area contributed by atoms with Crippen molar-refractivity contribution < 1.29 is 18.3 Å². The molecule has 2 N–H and O–H groups in total. The number of rotatable bonds is 3. The molecule has 0 amide bonds. The van der Waals surface area contributed by atoms with Crippen LogP contribution >= 0.6 is 0 Å². The summed E-state index contributed by atoms with van der Waals surface area (Å²) in [4.78, 5) is 13.1.